The second kappa shape index (κ2) is 7.82. The number of aliphatic imine (C=N–C) groups is 2. The SMILES string of the molecule is NC1(C2CC(F)(F)C2)N=C(Nc2ccnc(C(F)(F)F)c2)NC(c2cncc(C(F)(F)F)n2)=N1. The smallest absolute Gasteiger partial charge is 0.326 e. The highest BCUT2D eigenvalue weighted by molar-refractivity contribution is 6.12. The maximum Gasteiger partial charge on any atom is 0.434 e. The predicted octanol–water partition coefficient (Wildman–Crippen LogP) is 3.38. The Hall–Kier alpha value is -3.43. The molecular weight excluding hydrogens is 480 g/mol. The Kier molecular flexibility index (Phi) is 5.45. The van der Waals surface area contributed by atoms with E-state index in [9.17, 15) is 35.1 Å². The average molecular weight is 494 g/mol. The normalized spacial score (nSPS) is 22.9. The quantitative estimate of drug-likeness (QED) is 0.564. The Morgan fingerprint density at radius 3 is 2.29 bits per heavy atom. The third-order valence-electron chi connectivity index (χ3n) is 4.99. The monoisotopic (exact) mass is 494 g/mol. The number of hydrogen-bond donors (Lipinski definition) is 3. The first-order valence-corrected chi connectivity index (χ1v) is 9.48. The maximum atomic E-state index is 13.5. The molecule has 34 heavy (non-hydrogen) atoms. The van der Waals surface area contributed by atoms with Crippen molar-refractivity contribution in [2.75, 3.05) is 5.32 Å². The zero-order chi connectivity index (χ0) is 24.9. The number of alkyl halides is 8. The third-order valence-corrected chi connectivity index (χ3v) is 4.99. The minimum absolute atomic E-state index is 0.161. The van der Waals surface area contributed by atoms with Crippen LogP contribution >= 0.6 is 0 Å². The largest absolute Gasteiger partial charge is 0.434 e. The van der Waals surface area contributed by atoms with E-state index in [1.165, 1.54) is 0 Å². The number of nitrogens with zero attached hydrogens (tertiary/aromatic N) is 5. The molecular formula is C18H14F8N8. The molecule has 1 unspecified atom stereocenters. The molecule has 1 fully saturated rings. The fourth-order valence-corrected chi connectivity index (χ4v) is 3.29. The number of rotatable bonds is 3. The molecule has 0 saturated heterocycles. The van der Waals surface area contributed by atoms with Crippen molar-refractivity contribution in [1.29, 1.82) is 0 Å². The highest BCUT2D eigenvalue weighted by atomic mass is 19.4. The maximum absolute atomic E-state index is 13.5. The molecule has 3 heterocycles. The van der Waals surface area contributed by atoms with Gasteiger partial charge in [0.2, 0.25) is 17.7 Å². The van der Waals surface area contributed by atoms with E-state index in [1.807, 2.05) is 0 Å². The molecule has 2 aromatic rings. The van der Waals surface area contributed by atoms with Gasteiger partial charge in [-0.3, -0.25) is 15.7 Å². The Morgan fingerprint density at radius 2 is 1.68 bits per heavy atom. The summed E-state index contributed by atoms with van der Waals surface area (Å²) in [7, 11) is 0. The van der Waals surface area contributed by atoms with Crippen LogP contribution in [0.15, 0.2) is 40.7 Å². The van der Waals surface area contributed by atoms with Crippen molar-refractivity contribution in [1.82, 2.24) is 20.3 Å². The van der Waals surface area contributed by atoms with Crippen molar-refractivity contribution < 1.29 is 35.1 Å². The molecule has 182 valence electrons. The van der Waals surface area contributed by atoms with Gasteiger partial charge in [0.25, 0.3) is 0 Å². The summed E-state index contributed by atoms with van der Waals surface area (Å²) in [5, 5.41) is 4.98. The van der Waals surface area contributed by atoms with Crippen LogP contribution < -0.4 is 16.4 Å². The van der Waals surface area contributed by atoms with Gasteiger partial charge in [-0.15, -0.1) is 0 Å². The van der Waals surface area contributed by atoms with Gasteiger partial charge in [0.15, 0.2) is 11.5 Å². The van der Waals surface area contributed by atoms with Crippen LogP contribution in [0.25, 0.3) is 0 Å². The minimum Gasteiger partial charge on any atom is -0.326 e. The van der Waals surface area contributed by atoms with Gasteiger partial charge in [-0.25, -0.2) is 23.7 Å². The fraction of sp³-hybridized carbons (Fsp3) is 0.389. The Balaban J connectivity index is 1.70. The summed E-state index contributed by atoms with van der Waals surface area (Å²) in [6, 6.07) is 1.81. The molecule has 0 bridgehead atoms. The highest BCUT2D eigenvalue weighted by Crippen LogP contribution is 2.48. The van der Waals surface area contributed by atoms with Crippen LogP contribution in [-0.2, 0) is 12.4 Å². The van der Waals surface area contributed by atoms with Crippen molar-refractivity contribution in [3.63, 3.8) is 0 Å². The van der Waals surface area contributed by atoms with Crippen molar-refractivity contribution in [3.05, 3.63) is 47.8 Å². The predicted molar refractivity (Wildman–Crippen MR) is 102 cm³/mol. The van der Waals surface area contributed by atoms with Gasteiger partial charge >= 0.3 is 12.4 Å². The number of halogens is 8. The van der Waals surface area contributed by atoms with Crippen molar-refractivity contribution in [2.45, 2.75) is 36.9 Å². The Morgan fingerprint density at radius 1 is 1.00 bits per heavy atom. The Labute approximate surface area is 185 Å². The van der Waals surface area contributed by atoms with E-state index < -0.39 is 59.9 Å². The van der Waals surface area contributed by atoms with E-state index in [0.29, 0.717) is 12.3 Å². The first-order valence-electron chi connectivity index (χ1n) is 9.48. The first-order chi connectivity index (χ1) is 15.6. The van der Waals surface area contributed by atoms with Gasteiger partial charge in [0.05, 0.1) is 12.4 Å². The molecule has 4 N–H and O–H groups in total. The van der Waals surface area contributed by atoms with Crippen LogP contribution in [0, 0.1) is 5.92 Å². The molecule has 0 aromatic carbocycles. The lowest BCUT2D eigenvalue weighted by atomic mass is 9.76. The van der Waals surface area contributed by atoms with Gasteiger partial charge in [-0.2, -0.15) is 26.3 Å². The van der Waals surface area contributed by atoms with E-state index in [1.54, 1.807) is 0 Å². The number of pyridine rings is 1. The standard InChI is InChI=1S/C18H14F8N8/c19-15(20)4-8(5-15)18(27)33-13(10-6-28-7-12(31-10)17(24,25)26)32-14(34-18)30-9-1-2-29-11(3-9)16(21,22)23/h1-3,6-8H,4-5,27H2,(H2,29,30,32,33,34). The van der Waals surface area contributed by atoms with Crippen LogP contribution in [-0.4, -0.2) is 38.5 Å². The summed E-state index contributed by atoms with van der Waals surface area (Å²) < 4.78 is 105. The van der Waals surface area contributed by atoms with E-state index in [2.05, 4.69) is 35.6 Å². The number of nitrogens with two attached hydrogens (primary N) is 1. The zero-order valence-electron chi connectivity index (χ0n) is 16.7. The van der Waals surface area contributed by atoms with Crippen LogP contribution in [0.5, 0.6) is 0 Å². The minimum atomic E-state index is -4.84. The van der Waals surface area contributed by atoms with E-state index in [-0.39, 0.29) is 17.5 Å². The molecule has 1 saturated carbocycles. The average Bonchev–Trinajstić information content (AvgIpc) is 2.71. The number of anilines is 1. The van der Waals surface area contributed by atoms with Crippen LogP contribution in [0.3, 0.4) is 0 Å². The van der Waals surface area contributed by atoms with Gasteiger partial charge in [0.1, 0.15) is 11.4 Å². The summed E-state index contributed by atoms with van der Waals surface area (Å²) in [6.45, 7) is 0. The summed E-state index contributed by atoms with van der Waals surface area (Å²) in [4.78, 5) is 18.1. The van der Waals surface area contributed by atoms with Crippen molar-refractivity contribution in [3.8, 4) is 0 Å². The zero-order valence-corrected chi connectivity index (χ0v) is 16.7. The lowest BCUT2D eigenvalue weighted by Crippen LogP contribution is -2.58. The summed E-state index contributed by atoms with van der Waals surface area (Å²) >= 11 is 0. The molecule has 0 amide bonds. The molecule has 8 nitrogen and oxygen atoms in total. The van der Waals surface area contributed by atoms with E-state index >= 15 is 0 Å². The van der Waals surface area contributed by atoms with Crippen molar-refractivity contribution >= 4 is 17.5 Å². The summed E-state index contributed by atoms with van der Waals surface area (Å²) in [6.07, 6.45) is -8.73. The topological polar surface area (TPSA) is 113 Å². The van der Waals surface area contributed by atoms with Gasteiger partial charge in [-0.05, 0) is 12.1 Å². The van der Waals surface area contributed by atoms with Gasteiger partial charge in [-0.1, -0.05) is 0 Å². The Bertz CT molecular complexity index is 1150. The molecule has 4 rings (SSSR count). The number of nitrogens with one attached hydrogen (secondary N) is 2. The molecule has 1 atom stereocenters. The van der Waals surface area contributed by atoms with Crippen LogP contribution in [0.2, 0.25) is 0 Å². The lowest BCUT2D eigenvalue weighted by Gasteiger charge is -2.43. The van der Waals surface area contributed by atoms with Gasteiger partial charge in [0, 0.05) is 30.6 Å². The van der Waals surface area contributed by atoms with E-state index in [4.69, 9.17) is 5.73 Å². The molecule has 2 aliphatic rings. The van der Waals surface area contributed by atoms with Crippen LogP contribution in [0.4, 0.5) is 40.8 Å². The third kappa shape index (κ3) is 4.90. The molecule has 16 heteroatoms. The molecule has 1 aliphatic heterocycles. The lowest BCUT2D eigenvalue weighted by molar-refractivity contribution is -0.142. The molecule has 0 radical (unpaired) electrons. The number of guanidine groups is 1. The molecule has 1 aliphatic carbocycles. The highest BCUT2D eigenvalue weighted by Gasteiger charge is 2.55. The number of amidine groups is 1. The summed E-state index contributed by atoms with van der Waals surface area (Å²) in [5.74, 6) is -6.82. The number of aromatic nitrogens is 3. The van der Waals surface area contributed by atoms with Crippen LogP contribution in [0.1, 0.15) is 29.9 Å². The number of hydrogen-bond acceptors (Lipinski definition) is 8. The molecule has 0 spiro atoms. The van der Waals surface area contributed by atoms with Gasteiger partial charge < -0.3 is 10.6 Å². The van der Waals surface area contributed by atoms with E-state index in [0.717, 1.165) is 18.5 Å². The fourth-order valence-electron chi connectivity index (χ4n) is 3.29. The van der Waals surface area contributed by atoms with Crippen molar-refractivity contribution in [2.24, 2.45) is 21.6 Å². The second-order valence-corrected chi connectivity index (χ2v) is 7.63. The summed E-state index contributed by atoms with van der Waals surface area (Å²) in [5.41, 5.74) is 2.95. The first kappa shape index (κ1) is 23.7. The second-order valence-electron chi connectivity index (χ2n) is 7.63. The molecule has 2 aromatic heterocycles.